The molecule has 1 fully saturated rings. The van der Waals surface area contributed by atoms with Gasteiger partial charge in [-0.25, -0.2) is 4.39 Å². The highest BCUT2D eigenvalue weighted by molar-refractivity contribution is 5.98. The number of aromatic nitrogens is 1. The molecule has 1 aromatic carbocycles. The molecule has 1 aliphatic heterocycles. The quantitative estimate of drug-likeness (QED) is 0.778. The number of Topliss-reactive ketones (excluding diaryl/α,β-unsaturated/α-hetero) is 1. The largest absolute Gasteiger partial charge is 0.465 e. The van der Waals surface area contributed by atoms with E-state index < -0.39 is 0 Å². The van der Waals surface area contributed by atoms with E-state index in [1.54, 1.807) is 17.9 Å². The SMILES string of the molecule is Cc1cc(OCC(=O)N2CCCC(C(=O)c3ccc(F)cc3)C2)no1. The van der Waals surface area contributed by atoms with Crippen LogP contribution >= 0.6 is 0 Å². The van der Waals surface area contributed by atoms with Crippen molar-refractivity contribution < 1.29 is 23.2 Å². The van der Waals surface area contributed by atoms with E-state index in [0.29, 0.717) is 30.8 Å². The number of piperidine rings is 1. The van der Waals surface area contributed by atoms with Crippen molar-refractivity contribution in [2.75, 3.05) is 19.7 Å². The van der Waals surface area contributed by atoms with Gasteiger partial charge in [0, 0.05) is 30.6 Å². The maximum Gasteiger partial charge on any atom is 0.260 e. The third kappa shape index (κ3) is 4.23. The van der Waals surface area contributed by atoms with Crippen LogP contribution in [0.15, 0.2) is 34.9 Å². The summed E-state index contributed by atoms with van der Waals surface area (Å²) < 4.78 is 23.2. The van der Waals surface area contributed by atoms with E-state index in [-0.39, 0.29) is 35.9 Å². The monoisotopic (exact) mass is 346 g/mol. The van der Waals surface area contributed by atoms with Crippen LogP contribution in [0, 0.1) is 18.7 Å². The van der Waals surface area contributed by atoms with Gasteiger partial charge in [-0.15, -0.1) is 0 Å². The molecule has 6 nitrogen and oxygen atoms in total. The lowest BCUT2D eigenvalue weighted by Crippen LogP contribution is -2.44. The molecule has 1 atom stereocenters. The summed E-state index contributed by atoms with van der Waals surface area (Å²) in [5, 5.41) is 3.67. The van der Waals surface area contributed by atoms with Gasteiger partial charge < -0.3 is 14.2 Å². The number of nitrogens with zero attached hydrogens (tertiary/aromatic N) is 2. The van der Waals surface area contributed by atoms with Gasteiger partial charge in [-0.05, 0) is 49.2 Å². The van der Waals surface area contributed by atoms with Gasteiger partial charge in [-0.1, -0.05) is 0 Å². The van der Waals surface area contributed by atoms with Gasteiger partial charge in [0.2, 0.25) is 0 Å². The average molecular weight is 346 g/mol. The Morgan fingerprint density at radius 1 is 1.36 bits per heavy atom. The lowest BCUT2D eigenvalue weighted by atomic mass is 9.90. The summed E-state index contributed by atoms with van der Waals surface area (Å²) in [6.45, 7) is 2.52. The van der Waals surface area contributed by atoms with E-state index in [4.69, 9.17) is 9.26 Å². The molecule has 2 heterocycles. The number of likely N-dealkylation sites (tertiary alicyclic amines) is 1. The van der Waals surface area contributed by atoms with Gasteiger partial charge in [0.15, 0.2) is 12.4 Å². The second-order valence-corrected chi connectivity index (χ2v) is 6.11. The van der Waals surface area contributed by atoms with E-state index in [1.165, 1.54) is 24.3 Å². The fourth-order valence-corrected chi connectivity index (χ4v) is 2.91. The molecule has 25 heavy (non-hydrogen) atoms. The Kier molecular flexibility index (Phi) is 5.11. The zero-order valence-electron chi connectivity index (χ0n) is 13.9. The molecular weight excluding hydrogens is 327 g/mol. The van der Waals surface area contributed by atoms with Crippen molar-refractivity contribution in [1.29, 1.82) is 0 Å². The molecule has 1 unspecified atom stereocenters. The Hall–Kier alpha value is -2.70. The predicted octanol–water partition coefficient (Wildman–Crippen LogP) is 2.62. The third-order valence-electron chi connectivity index (χ3n) is 4.22. The molecular formula is C18H19FN2O4. The van der Waals surface area contributed by atoms with Gasteiger partial charge in [-0.3, -0.25) is 9.59 Å². The fraction of sp³-hybridized carbons (Fsp3) is 0.389. The molecule has 1 saturated heterocycles. The molecule has 0 N–H and O–H groups in total. The second-order valence-electron chi connectivity index (χ2n) is 6.11. The van der Waals surface area contributed by atoms with Crippen LogP contribution < -0.4 is 4.74 Å². The molecule has 0 radical (unpaired) electrons. The first kappa shape index (κ1) is 17.1. The van der Waals surface area contributed by atoms with Crippen molar-refractivity contribution in [3.8, 4) is 5.88 Å². The first-order chi connectivity index (χ1) is 12.0. The van der Waals surface area contributed by atoms with Crippen LogP contribution in [0.1, 0.15) is 29.0 Å². The lowest BCUT2D eigenvalue weighted by molar-refractivity contribution is -0.134. The lowest BCUT2D eigenvalue weighted by Gasteiger charge is -2.32. The zero-order valence-corrected chi connectivity index (χ0v) is 13.9. The molecule has 0 bridgehead atoms. The van der Waals surface area contributed by atoms with Crippen LogP contribution in [-0.4, -0.2) is 41.4 Å². The van der Waals surface area contributed by atoms with Crippen LogP contribution in [0.4, 0.5) is 4.39 Å². The van der Waals surface area contributed by atoms with Gasteiger partial charge in [0.05, 0.1) is 0 Å². The zero-order chi connectivity index (χ0) is 17.8. The van der Waals surface area contributed by atoms with Crippen LogP contribution in [0.5, 0.6) is 5.88 Å². The number of ether oxygens (including phenoxy) is 1. The van der Waals surface area contributed by atoms with Crippen molar-refractivity contribution in [2.45, 2.75) is 19.8 Å². The summed E-state index contributed by atoms with van der Waals surface area (Å²) in [5.41, 5.74) is 0.468. The highest BCUT2D eigenvalue weighted by Gasteiger charge is 2.29. The number of aryl methyl sites for hydroxylation is 1. The molecule has 2 aromatic rings. The summed E-state index contributed by atoms with van der Waals surface area (Å²) in [7, 11) is 0. The van der Waals surface area contributed by atoms with Gasteiger partial charge >= 0.3 is 0 Å². The Morgan fingerprint density at radius 2 is 2.12 bits per heavy atom. The third-order valence-corrected chi connectivity index (χ3v) is 4.22. The molecule has 0 saturated carbocycles. The number of halogens is 1. The molecule has 1 aromatic heterocycles. The standard InChI is InChI=1S/C18H19FN2O4/c1-12-9-16(20-25-12)24-11-17(22)21-8-2-3-14(10-21)18(23)13-4-6-15(19)7-5-13/h4-7,9,14H,2-3,8,10-11H2,1H3. The van der Waals surface area contributed by atoms with Crippen molar-refractivity contribution >= 4 is 11.7 Å². The molecule has 1 aliphatic rings. The van der Waals surface area contributed by atoms with E-state index in [9.17, 15) is 14.0 Å². The predicted molar refractivity (Wildman–Crippen MR) is 86.8 cm³/mol. The molecule has 132 valence electrons. The Balaban J connectivity index is 1.57. The minimum atomic E-state index is -0.378. The van der Waals surface area contributed by atoms with E-state index in [0.717, 1.165) is 6.42 Å². The molecule has 0 spiro atoms. The number of benzene rings is 1. The summed E-state index contributed by atoms with van der Waals surface area (Å²) in [4.78, 5) is 26.5. The van der Waals surface area contributed by atoms with Crippen molar-refractivity contribution in [3.63, 3.8) is 0 Å². The normalized spacial score (nSPS) is 17.4. The Bertz CT molecular complexity index is 757. The molecule has 3 rings (SSSR count). The van der Waals surface area contributed by atoms with Crippen molar-refractivity contribution in [3.05, 3.63) is 47.5 Å². The van der Waals surface area contributed by atoms with Crippen LogP contribution in [-0.2, 0) is 4.79 Å². The number of hydrogen-bond acceptors (Lipinski definition) is 5. The molecule has 1 amide bonds. The number of carbonyl (C=O) groups excluding carboxylic acids is 2. The number of ketones is 1. The topological polar surface area (TPSA) is 72.6 Å². The maximum absolute atomic E-state index is 13.0. The van der Waals surface area contributed by atoms with E-state index >= 15 is 0 Å². The van der Waals surface area contributed by atoms with Crippen molar-refractivity contribution in [2.24, 2.45) is 5.92 Å². The van der Waals surface area contributed by atoms with Crippen LogP contribution in [0.3, 0.4) is 0 Å². The van der Waals surface area contributed by atoms with E-state index in [2.05, 4.69) is 5.16 Å². The van der Waals surface area contributed by atoms with Gasteiger partial charge in [0.1, 0.15) is 11.6 Å². The van der Waals surface area contributed by atoms with Crippen LogP contribution in [0.2, 0.25) is 0 Å². The number of carbonyl (C=O) groups is 2. The summed E-state index contributed by atoms with van der Waals surface area (Å²) in [6.07, 6.45) is 1.45. The highest BCUT2D eigenvalue weighted by atomic mass is 19.1. The minimum Gasteiger partial charge on any atom is -0.465 e. The average Bonchev–Trinajstić information content (AvgIpc) is 3.05. The maximum atomic E-state index is 13.0. The summed E-state index contributed by atoms with van der Waals surface area (Å²) in [6, 6.07) is 7.10. The van der Waals surface area contributed by atoms with Gasteiger partial charge in [0.25, 0.3) is 11.8 Å². The number of rotatable bonds is 5. The smallest absolute Gasteiger partial charge is 0.260 e. The minimum absolute atomic E-state index is 0.0643. The summed E-state index contributed by atoms with van der Waals surface area (Å²) >= 11 is 0. The Morgan fingerprint density at radius 3 is 2.80 bits per heavy atom. The van der Waals surface area contributed by atoms with Crippen LogP contribution in [0.25, 0.3) is 0 Å². The first-order valence-corrected chi connectivity index (χ1v) is 8.16. The fourth-order valence-electron chi connectivity index (χ4n) is 2.91. The number of hydrogen-bond donors (Lipinski definition) is 0. The van der Waals surface area contributed by atoms with Gasteiger partial charge in [-0.2, -0.15) is 0 Å². The van der Waals surface area contributed by atoms with E-state index in [1.807, 2.05) is 0 Å². The summed E-state index contributed by atoms with van der Waals surface area (Å²) in [5.74, 6) is -0.0512. The number of amides is 1. The molecule has 7 heteroatoms. The second kappa shape index (κ2) is 7.46. The first-order valence-electron chi connectivity index (χ1n) is 8.16. The molecule has 0 aliphatic carbocycles. The highest BCUT2D eigenvalue weighted by Crippen LogP contribution is 2.21. The van der Waals surface area contributed by atoms with Crippen molar-refractivity contribution in [1.82, 2.24) is 10.1 Å². The Labute approximate surface area is 144 Å².